The van der Waals surface area contributed by atoms with Crippen LogP contribution < -0.4 is 10.6 Å². The van der Waals surface area contributed by atoms with Crippen molar-refractivity contribution in [2.45, 2.75) is 26.8 Å². The van der Waals surface area contributed by atoms with Gasteiger partial charge in [-0.05, 0) is 43.7 Å². The van der Waals surface area contributed by atoms with Crippen LogP contribution in [0.4, 0.5) is 0 Å². The predicted octanol–water partition coefficient (Wildman–Crippen LogP) is 3.66. The second-order valence-corrected chi connectivity index (χ2v) is 7.27. The molecule has 4 aromatic rings. The first-order chi connectivity index (χ1) is 14.6. The lowest BCUT2D eigenvalue weighted by Gasteiger charge is -2.15. The Balaban J connectivity index is 0.00000272. The molecule has 0 aliphatic rings. The van der Waals surface area contributed by atoms with E-state index in [9.17, 15) is 0 Å². The molecule has 0 aliphatic carbocycles. The van der Waals surface area contributed by atoms with Crippen LogP contribution in [0.1, 0.15) is 22.6 Å². The fourth-order valence-electron chi connectivity index (χ4n) is 3.56. The highest BCUT2D eigenvalue weighted by Crippen LogP contribution is 2.16. The minimum absolute atomic E-state index is 0. The largest absolute Gasteiger partial charge is 0.356 e. The van der Waals surface area contributed by atoms with Crippen LogP contribution in [0, 0.1) is 13.8 Å². The molecule has 162 valence electrons. The first-order valence-electron chi connectivity index (χ1n) is 10.1. The molecule has 7 nitrogen and oxygen atoms in total. The molecule has 0 amide bonds. The zero-order chi connectivity index (χ0) is 20.9. The lowest BCUT2D eigenvalue weighted by atomic mass is 10.1. The van der Waals surface area contributed by atoms with Crippen LogP contribution in [0.3, 0.4) is 0 Å². The molecule has 0 fully saturated rings. The molecule has 0 atom stereocenters. The van der Waals surface area contributed by atoms with E-state index < -0.39 is 0 Å². The Hall–Kier alpha value is -2.88. The summed E-state index contributed by atoms with van der Waals surface area (Å²) in [5.74, 6) is 0.766. The monoisotopic (exact) mass is 529 g/mol. The summed E-state index contributed by atoms with van der Waals surface area (Å²) in [6, 6.07) is 16.4. The summed E-state index contributed by atoms with van der Waals surface area (Å²) >= 11 is 0. The van der Waals surface area contributed by atoms with E-state index in [1.807, 2.05) is 52.5 Å². The number of hydrogen-bond acceptors (Lipinski definition) is 3. The highest BCUT2D eigenvalue weighted by molar-refractivity contribution is 14.0. The Morgan fingerprint density at radius 2 is 1.87 bits per heavy atom. The smallest absolute Gasteiger partial charge is 0.191 e. The van der Waals surface area contributed by atoms with Gasteiger partial charge in [-0.3, -0.25) is 4.99 Å². The zero-order valence-electron chi connectivity index (χ0n) is 18.0. The molecular weight excluding hydrogens is 501 g/mol. The molecule has 3 heterocycles. The van der Waals surface area contributed by atoms with Crippen LogP contribution in [0.5, 0.6) is 0 Å². The van der Waals surface area contributed by atoms with E-state index in [2.05, 4.69) is 57.0 Å². The number of rotatable bonds is 6. The van der Waals surface area contributed by atoms with Crippen molar-refractivity contribution in [1.29, 1.82) is 0 Å². The maximum Gasteiger partial charge on any atom is 0.191 e. The second-order valence-electron chi connectivity index (χ2n) is 7.27. The number of aliphatic imine (C=N–C) groups is 1. The van der Waals surface area contributed by atoms with E-state index in [1.165, 1.54) is 0 Å². The van der Waals surface area contributed by atoms with E-state index in [4.69, 9.17) is 0 Å². The van der Waals surface area contributed by atoms with Crippen molar-refractivity contribution in [3.05, 3.63) is 83.6 Å². The number of para-hydroxylation sites is 1. The van der Waals surface area contributed by atoms with Gasteiger partial charge in [-0.2, -0.15) is 5.10 Å². The predicted molar refractivity (Wildman–Crippen MR) is 136 cm³/mol. The molecule has 0 saturated carbocycles. The van der Waals surface area contributed by atoms with Gasteiger partial charge in [0.05, 0.1) is 17.1 Å². The van der Waals surface area contributed by atoms with E-state index in [1.54, 1.807) is 7.05 Å². The van der Waals surface area contributed by atoms with Gasteiger partial charge < -0.3 is 15.0 Å². The molecule has 3 aromatic heterocycles. The fourth-order valence-corrected chi connectivity index (χ4v) is 3.56. The molecule has 0 aliphatic heterocycles. The number of imidazole rings is 1. The Morgan fingerprint density at radius 1 is 1.06 bits per heavy atom. The molecule has 8 heteroatoms. The summed E-state index contributed by atoms with van der Waals surface area (Å²) in [4.78, 5) is 8.98. The van der Waals surface area contributed by atoms with Crippen LogP contribution >= 0.6 is 24.0 Å². The molecular formula is C23H28IN7. The first kappa shape index (κ1) is 22.8. The quantitative estimate of drug-likeness (QED) is 0.227. The average Bonchev–Trinajstić information content (AvgIpc) is 3.32. The van der Waals surface area contributed by atoms with Crippen molar-refractivity contribution in [3.8, 4) is 5.69 Å². The SMILES string of the molecule is CN=C(NCCc1cn2ccccc2n1)NCc1ccccc1-n1nc(C)cc1C.I. The number of benzene rings is 1. The molecule has 2 N–H and O–H groups in total. The number of nitrogens with zero attached hydrogens (tertiary/aromatic N) is 5. The van der Waals surface area contributed by atoms with Crippen LogP contribution in [0.15, 0.2) is 65.9 Å². The number of halogens is 1. The molecule has 0 bridgehead atoms. The molecule has 4 rings (SSSR count). The number of guanidine groups is 1. The topological polar surface area (TPSA) is 71.5 Å². The van der Waals surface area contributed by atoms with Gasteiger partial charge in [0.1, 0.15) is 5.65 Å². The van der Waals surface area contributed by atoms with Gasteiger partial charge in [0.25, 0.3) is 0 Å². The molecule has 0 spiro atoms. The minimum atomic E-state index is 0. The van der Waals surface area contributed by atoms with Crippen LogP contribution in [0.25, 0.3) is 11.3 Å². The van der Waals surface area contributed by atoms with Crippen molar-refractivity contribution in [2.75, 3.05) is 13.6 Å². The maximum atomic E-state index is 4.64. The number of aryl methyl sites for hydroxylation is 2. The lowest BCUT2D eigenvalue weighted by molar-refractivity contribution is 0.771. The van der Waals surface area contributed by atoms with E-state index in [-0.39, 0.29) is 24.0 Å². The number of fused-ring (bicyclic) bond motifs is 1. The molecule has 0 saturated heterocycles. The Bertz CT molecular complexity index is 1140. The zero-order valence-corrected chi connectivity index (χ0v) is 20.4. The summed E-state index contributed by atoms with van der Waals surface area (Å²) in [5, 5.41) is 11.4. The van der Waals surface area contributed by atoms with Crippen LogP contribution in [-0.2, 0) is 13.0 Å². The van der Waals surface area contributed by atoms with Gasteiger partial charge >= 0.3 is 0 Å². The Kier molecular flexibility index (Phi) is 7.67. The first-order valence-corrected chi connectivity index (χ1v) is 10.1. The van der Waals surface area contributed by atoms with Crippen LogP contribution in [-0.4, -0.2) is 38.7 Å². The van der Waals surface area contributed by atoms with E-state index >= 15 is 0 Å². The van der Waals surface area contributed by atoms with Crippen molar-refractivity contribution in [2.24, 2.45) is 4.99 Å². The van der Waals surface area contributed by atoms with Crippen molar-refractivity contribution in [3.63, 3.8) is 0 Å². The van der Waals surface area contributed by atoms with Gasteiger partial charge in [0, 0.05) is 44.6 Å². The summed E-state index contributed by atoms with van der Waals surface area (Å²) in [6.45, 7) is 5.49. The number of hydrogen-bond donors (Lipinski definition) is 2. The average molecular weight is 529 g/mol. The molecule has 0 radical (unpaired) electrons. The third kappa shape index (κ3) is 5.43. The minimum Gasteiger partial charge on any atom is -0.356 e. The van der Waals surface area contributed by atoms with Crippen LogP contribution in [0.2, 0.25) is 0 Å². The summed E-state index contributed by atoms with van der Waals surface area (Å²) < 4.78 is 4.03. The third-order valence-corrected chi connectivity index (χ3v) is 4.99. The van der Waals surface area contributed by atoms with Gasteiger partial charge in [0.2, 0.25) is 0 Å². The highest BCUT2D eigenvalue weighted by atomic mass is 127. The molecule has 31 heavy (non-hydrogen) atoms. The Labute approximate surface area is 199 Å². The summed E-state index contributed by atoms with van der Waals surface area (Å²) in [5.41, 5.74) is 6.40. The Morgan fingerprint density at radius 3 is 2.61 bits per heavy atom. The van der Waals surface area contributed by atoms with Gasteiger partial charge in [0.15, 0.2) is 5.96 Å². The molecule has 0 unspecified atom stereocenters. The van der Waals surface area contributed by atoms with E-state index in [0.29, 0.717) is 6.54 Å². The van der Waals surface area contributed by atoms with Gasteiger partial charge in [-0.25, -0.2) is 9.67 Å². The normalized spacial score (nSPS) is 11.4. The number of pyridine rings is 1. The fraction of sp³-hybridized carbons (Fsp3) is 0.261. The third-order valence-electron chi connectivity index (χ3n) is 4.99. The summed E-state index contributed by atoms with van der Waals surface area (Å²) in [7, 11) is 1.78. The van der Waals surface area contributed by atoms with Crippen molar-refractivity contribution < 1.29 is 0 Å². The lowest BCUT2D eigenvalue weighted by Crippen LogP contribution is -2.38. The maximum absolute atomic E-state index is 4.64. The summed E-state index contributed by atoms with van der Waals surface area (Å²) in [6.07, 6.45) is 4.91. The standard InChI is InChI=1S/C23H27N7.HI/c1-17-14-18(2)30(28-17)21-9-5-4-8-19(21)15-26-23(24-3)25-12-11-20-16-29-13-7-6-10-22(29)27-20;/h4-10,13-14,16H,11-12,15H2,1-3H3,(H2,24,25,26);1H. The van der Waals surface area contributed by atoms with Gasteiger partial charge in [-0.15, -0.1) is 24.0 Å². The second kappa shape index (κ2) is 10.4. The highest BCUT2D eigenvalue weighted by Gasteiger charge is 2.09. The molecule has 1 aromatic carbocycles. The number of aromatic nitrogens is 4. The number of nitrogens with one attached hydrogen (secondary N) is 2. The van der Waals surface area contributed by atoms with Gasteiger partial charge in [-0.1, -0.05) is 24.3 Å². The van der Waals surface area contributed by atoms with Crippen molar-refractivity contribution >= 4 is 35.6 Å². The van der Waals surface area contributed by atoms with E-state index in [0.717, 1.165) is 52.9 Å². The van der Waals surface area contributed by atoms with Crippen molar-refractivity contribution in [1.82, 2.24) is 29.8 Å².